The molecule has 1 atom stereocenters. The number of pyridine rings is 1. The van der Waals surface area contributed by atoms with Crippen molar-refractivity contribution in [3.63, 3.8) is 0 Å². The molecule has 2 amide bonds. The number of nitrogens with zero attached hydrogens (tertiary/aromatic N) is 1. The number of ether oxygens (including phenoxy) is 1. The second-order valence-electron chi connectivity index (χ2n) is 6.04. The Labute approximate surface area is 127 Å². The fourth-order valence-electron chi connectivity index (χ4n) is 3.03. The Hall–Kier alpha value is -2.15. The van der Waals surface area contributed by atoms with Crippen LogP contribution in [0.15, 0.2) is 10.9 Å². The number of amides is 2. The molecule has 3 N–H and O–H groups in total. The number of hydrogen-bond donors (Lipinski definition) is 2. The molecule has 0 radical (unpaired) electrons. The molecule has 1 fully saturated rings. The zero-order valence-corrected chi connectivity index (χ0v) is 12.5. The van der Waals surface area contributed by atoms with Crippen molar-refractivity contribution in [3.8, 4) is 0 Å². The molecular formula is C15H19N3O4. The lowest BCUT2D eigenvalue weighted by molar-refractivity contribution is -0.150. The molecule has 1 aromatic rings. The lowest BCUT2D eigenvalue weighted by atomic mass is 10.0. The highest BCUT2D eigenvalue weighted by Crippen LogP contribution is 2.21. The Morgan fingerprint density at radius 1 is 1.41 bits per heavy atom. The first-order chi connectivity index (χ1) is 10.4. The largest absolute Gasteiger partial charge is 0.367 e. The average Bonchev–Trinajstić information content (AvgIpc) is 2.92. The SMILES string of the molecule is CC1(C(N)=O)CN(C(=O)c2cc3c([nH]c2=O)CCC3)CCO1. The number of rotatable bonds is 2. The van der Waals surface area contributed by atoms with Crippen molar-refractivity contribution < 1.29 is 14.3 Å². The summed E-state index contributed by atoms with van der Waals surface area (Å²) < 4.78 is 5.39. The van der Waals surface area contributed by atoms with Gasteiger partial charge < -0.3 is 20.4 Å². The summed E-state index contributed by atoms with van der Waals surface area (Å²) in [5, 5.41) is 0. The maximum atomic E-state index is 12.6. The highest BCUT2D eigenvalue weighted by Gasteiger charge is 2.39. The van der Waals surface area contributed by atoms with Crippen molar-refractivity contribution in [2.24, 2.45) is 5.73 Å². The van der Waals surface area contributed by atoms with Crippen LogP contribution in [0.3, 0.4) is 0 Å². The Morgan fingerprint density at radius 3 is 2.91 bits per heavy atom. The van der Waals surface area contributed by atoms with Crippen LogP contribution < -0.4 is 11.3 Å². The van der Waals surface area contributed by atoms with Gasteiger partial charge in [0, 0.05) is 12.2 Å². The van der Waals surface area contributed by atoms with Gasteiger partial charge in [0.25, 0.3) is 17.4 Å². The van der Waals surface area contributed by atoms with E-state index in [0.29, 0.717) is 6.54 Å². The minimum Gasteiger partial charge on any atom is -0.367 e. The summed E-state index contributed by atoms with van der Waals surface area (Å²) in [6.07, 6.45) is 2.70. The molecule has 0 aromatic carbocycles. The average molecular weight is 305 g/mol. The second kappa shape index (κ2) is 5.24. The number of nitrogens with one attached hydrogen (secondary N) is 1. The summed E-state index contributed by atoms with van der Waals surface area (Å²) >= 11 is 0. The van der Waals surface area contributed by atoms with E-state index in [1.807, 2.05) is 0 Å². The predicted octanol–water partition coefficient (Wildman–Crippen LogP) is -0.420. The molecule has 1 unspecified atom stereocenters. The van der Waals surface area contributed by atoms with Crippen LogP contribution >= 0.6 is 0 Å². The second-order valence-corrected chi connectivity index (χ2v) is 6.04. The van der Waals surface area contributed by atoms with Gasteiger partial charge in [0.1, 0.15) is 5.56 Å². The van der Waals surface area contributed by atoms with E-state index < -0.39 is 11.5 Å². The minimum atomic E-state index is -1.21. The van der Waals surface area contributed by atoms with Crippen LogP contribution in [-0.4, -0.2) is 47.0 Å². The van der Waals surface area contributed by atoms with Crippen molar-refractivity contribution in [1.82, 2.24) is 9.88 Å². The van der Waals surface area contributed by atoms with Crippen LogP contribution in [0.2, 0.25) is 0 Å². The van der Waals surface area contributed by atoms with Crippen molar-refractivity contribution in [1.29, 1.82) is 0 Å². The summed E-state index contributed by atoms with van der Waals surface area (Å²) in [4.78, 5) is 40.5. The molecule has 1 aliphatic heterocycles. The molecule has 7 heteroatoms. The van der Waals surface area contributed by atoms with Crippen LogP contribution in [0.1, 0.15) is 35.0 Å². The van der Waals surface area contributed by atoms with Gasteiger partial charge in [0.05, 0.1) is 13.2 Å². The zero-order valence-electron chi connectivity index (χ0n) is 12.5. The number of hydrogen-bond acceptors (Lipinski definition) is 4. The standard InChI is InChI=1S/C15H19N3O4/c1-15(14(16)21)8-18(5-6-22-15)13(20)10-7-9-3-2-4-11(9)17-12(10)19/h7H,2-6,8H2,1H3,(H2,16,21)(H,17,19). The molecule has 0 saturated carbocycles. The number of aromatic nitrogens is 1. The fraction of sp³-hybridized carbons (Fsp3) is 0.533. The van der Waals surface area contributed by atoms with E-state index in [0.717, 1.165) is 30.5 Å². The van der Waals surface area contributed by atoms with Crippen molar-refractivity contribution in [2.45, 2.75) is 31.8 Å². The maximum Gasteiger partial charge on any atom is 0.261 e. The molecule has 22 heavy (non-hydrogen) atoms. The molecule has 0 bridgehead atoms. The maximum absolute atomic E-state index is 12.6. The van der Waals surface area contributed by atoms with Gasteiger partial charge >= 0.3 is 0 Å². The molecule has 1 saturated heterocycles. The number of H-pyrrole nitrogens is 1. The first-order valence-corrected chi connectivity index (χ1v) is 7.39. The highest BCUT2D eigenvalue weighted by atomic mass is 16.5. The molecule has 1 aliphatic carbocycles. The highest BCUT2D eigenvalue weighted by molar-refractivity contribution is 5.95. The van der Waals surface area contributed by atoms with Gasteiger partial charge in [0.15, 0.2) is 5.60 Å². The molecule has 2 heterocycles. The summed E-state index contributed by atoms with van der Waals surface area (Å²) in [6.45, 7) is 2.16. The number of aromatic amines is 1. The summed E-state index contributed by atoms with van der Waals surface area (Å²) in [5.41, 5.74) is 5.81. The van der Waals surface area contributed by atoms with E-state index in [-0.39, 0.29) is 30.2 Å². The third kappa shape index (κ3) is 2.41. The summed E-state index contributed by atoms with van der Waals surface area (Å²) in [7, 11) is 0. The predicted molar refractivity (Wildman–Crippen MR) is 78.5 cm³/mol. The normalized spacial score (nSPS) is 24.1. The van der Waals surface area contributed by atoms with Gasteiger partial charge in [-0.2, -0.15) is 0 Å². The van der Waals surface area contributed by atoms with Crippen LogP contribution in [-0.2, 0) is 22.4 Å². The van der Waals surface area contributed by atoms with Crippen LogP contribution in [0, 0.1) is 0 Å². The number of carbonyl (C=O) groups is 2. The lowest BCUT2D eigenvalue weighted by Gasteiger charge is -2.38. The first-order valence-electron chi connectivity index (χ1n) is 7.39. The van der Waals surface area contributed by atoms with Crippen LogP contribution in [0.25, 0.3) is 0 Å². The van der Waals surface area contributed by atoms with Crippen molar-refractivity contribution >= 4 is 11.8 Å². The third-order valence-electron chi connectivity index (χ3n) is 4.40. The van der Waals surface area contributed by atoms with Gasteiger partial charge in [-0.1, -0.05) is 0 Å². The number of fused-ring (bicyclic) bond motifs is 1. The number of aryl methyl sites for hydroxylation is 2. The van der Waals surface area contributed by atoms with Gasteiger partial charge in [-0.05, 0) is 37.8 Å². The quantitative estimate of drug-likeness (QED) is 0.774. The first kappa shape index (κ1) is 14.8. The van der Waals surface area contributed by atoms with E-state index in [2.05, 4.69) is 4.98 Å². The van der Waals surface area contributed by atoms with Crippen molar-refractivity contribution in [3.05, 3.63) is 33.2 Å². The summed E-state index contributed by atoms with van der Waals surface area (Å²) in [6, 6.07) is 1.68. The lowest BCUT2D eigenvalue weighted by Crippen LogP contribution is -2.58. The Kier molecular flexibility index (Phi) is 3.52. The molecular weight excluding hydrogens is 286 g/mol. The molecule has 3 rings (SSSR count). The number of primary amides is 1. The minimum absolute atomic E-state index is 0.0533. The molecule has 1 aromatic heterocycles. The van der Waals surface area contributed by atoms with Crippen molar-refractivity contribution in [2.75, 3.05) is 19.7 Å². The van der Waals surface area contributed by atoms with E-state index >= 15 is 0 Å². The van der Waals surface area contributed by atoms with Crippen LogP contribution in [0.4, 0.5) is 0 Å². The van der Waals surface area contributed by atoms with Gasteiger partial charge in [-0.25, -0.2) is 0 Å². The molecule has 118 valence electrons. The third-order valence-corrected chi connectivity index (χ3v) is 4.40. The van der Waals surface area contributed by atoms with E-state index in [1.165, 1.54) is 4.90 Å². The topological polar surface area (TPSA) is 105 Å². The van der Waals surface area contributed by atoms with E-state index in [1.54, 1.807) is 13.0 Å². The number of nitrogens with two attached hydrogens (primary N) is 1. The Bertz CT molecular complexity index is 697. The summed E-state index contributed by atoms with van der Waals surface area (Å²) in [5.74, 6) is -1.00. The van der Waals surface area contributed by atoms with E-state index in [4.69, 9.17) is 10.5 Å². The van der Waals surface area contributed by atoms with Gasteiger partial charge in [0.2, 0.25) is 0 Å². The smallest absolute Gasteiger partial charge is 0.261 e. The molecule has 2 aliphatic rings. The monoisotopic (exact) mass is 305 g/mol. The molecule has 7 nitrogen and oxygen atoms in total. The van der Waals surface area contributed by atoms with E-state index in [9.17, 15) is 14.4 Å². The fourth-order valence-corrected chi connectivity index (χ4v) is 3.03. The Balaban J connectivity index is 1.88. The van der Waals surface area contributed by atoms with Gasteiger partial charge in [-0.15, -0.1) is 0 Å². The Morgan fingerprint density at radius 2 is 2.18 bits per heavy atom. The molecule has 0 spiro atoms. The van der Waals surface area contributed by atoms with Gasteiger partial charge in [-0.3, -0.25) is 14.4 Å². The number of carbonyl (C=O) groups excluding carboxylic acids is 2. The number of morpholine rings is 1. The zero-order chi connectivity index (χ0) is 15.9. The van der Waals surface area contributed by atoms with Crippen LogP contribution in [0.5, 0.6) is 0 Å².